The summed E-state index contributed by atoms with van der Waals surface area (Å²) in [4.78, 5) is 12.0. The molecule has 4 nitrogen and oxygen atoms in total. The van der Waals surface area contributed by atoms with Gasteiger partial charge in [-0.3, -0.25) is 4.79 Å². The number of benzene rings is 2. The smallest absolute Gasteiger partial charge is 0.255 e. The molecule has 104 valence electrons. The minimum Gasteiger partial charge on any atom is -0.495 e. The van der Waals surface area contributed by atoms with Gasteiger partial charge in [-0.1, -0.05) is 11.6 Å². The molecule has 2 aromatic rings. The van der Waals surface area contributed by atoms with Crippen molar-refractivity contribution in [3.63, 3.8) is 0 Å². The van der Waals surface area contributed by atoms with Crippen molar-refractivity contribution in [1.29, 1.82) is 0 Å². The van der Waals surface area contributed by atoms with Crippen LogP contribution in [0.15, 0.2) is 36.4 Å². The van der Waals surface area contributed by atoms with Gasteiger partial charge in [0.15, 0.2) is 0 Å². The number of halogens is 2. The minimum absolute atomic E-state index is 0.125. The number of hydrogen-bond donors (Lipinski definition) is 2. The molecule has 0 bridgehead atoms. The summed E-state index contributed by atoms with van der Waals surface area (Å²) in [7, 11) is 1.49. The van der Waals surface area contributed by atoms with E-state index in [1.165, 1.54) is 25.3 Å². The summed E-state index contributed by atoms with van der Waals surface area (Å²) < 4.78 is 17.9. The number of anilines is 2. The van der Waals surface area contributed by atoms with Crippen molar-refractivity contribution in [3.05, 3.63) is 52.8 Å². The fraction of sp³-hybridized carbons (Fsp3) is 0.0714. The zero-order valence-corrected chi connectivity index (χ0v) is 11.4. The van der Waals surface area contributed by atoms with Crippen LogP contribution in [0.5, 0.6) is 5.75 Å². The van der Waals surface area contributed by atoms with E-state index in [9.17, 15) is 9.18 Å². The van der Waals surface area contributed by atoms with E-state index in [0.29, 0.717) is 22.7 Å². The first-order valence-corrected chi connectivity index (χ1v) is 6.09. The Bertz CT molecular complexity index is 662. The zero-order valence-electron chi connectivity index (χ0n) is 10.6. The van der Waals surface area contributed by atoms with E-state index in [4.69, 9.17) is 22.1 Å². The van der Waals surface area contributed by atoms with Crippen molar-refractivity contribution in [1.82, 2.24) is 0 Å². The van der Waals surface area contributed by atoms with Gasteiger partial charge in [0.25, 0.3) is 5.91 Å². The summed E-state index contributed by atoms with van der Waals surface area (Å²) in [5.41, 5.74) is 6.76. The summed E-state index contributed by atoms with van der Waals surface area (Å²) >= 11 is 5.84. The molecule has 2 rings (SSSR count). The molecule has 0 aliphatic carbocycles. The van der Waals surface area contributed by atoms with Gasteiger partial charge in [0, 0.05) is 5.56 Å². The Morgan fingerprint density at radius 3 is 2.65 bits per heavy atom. The summed E-state index contributed by atoms with van der Waals surface area (Å²) in [6, 6.07) is 8.38. The van der Waals surface area contributed by atoms with E-state index < -0.39 is 11.7 Å². The first-order valence-electron chi connectivity index (χ1n) is 5.71. The number of methoxy groups -OCH3 is 1. The maximum atomic E-state index is 12.9. The summed E-state index contributed by atoms with van der Waals surface area (Å²) in [6.45, 7) is 0. The third-order valence-corrected chi connectivity index (χ3v) is 2.98. The first kappa shape index (κ1) is 14.1. The van der Waals surface area contributed by atoms with Gasteiger partial charge in [-0.15, -0.1) is 0 Å². The van der Waals surface area contributed by atoms with E-state index in [0.717, 1.165) is 6.07 Å². The normalized spacial score (nSPS) is 10.2. The predicted octanol–water partition coefficient (Wildman–Crippen LogP) is 3.32. The lowest BCUT2D eigenvalue weighted by atomic mass is 10.1. The second kappa shape index (κ2) is 5.79. The van der Waals surface area contributed by atoms with Crippen LogP contribution >= 0.6 is 11.6 Å². The van der Waals surface area contributed by atoms with Gasteiger partial charge in [0.1, 0.15) is 11.6 Å². The van der Waals surface area contributed by atoms with Crippen LogP contribution < -0.4 is 15.8 Å². The number of nitrogen functional groups attached to an aromatic ring is 1. The van der Waals surface area contributed by atoms with Crippen molar-refractivity contribution in [3.8, 4) is 5.75 Å². The Morgan fingerprint density at radius 1 is 1.30 bits per heavy atom. The molecule has 0 aromatic heterocycles. The van der Waals surface area contributed by atoms with Crippen LogP contribution in [-0.4, -0.2) is 13.0 Å². The quantitative estimate of drug-likeness (QED) is 0.854. The van der Waals surface area contributed by atoms with Gasteiger partial charge >= 0.3 is 0 Å². The molecule has 0 saturated carbocycles. The SMILES string of the molecule is COc1ccc(C(=O)Nc2ccc(F)cc2Cl)cc1N. The van der Waals surface area contributed by atoms with Crippen LogP contribution in [0.2, 0.25) is 5.02 Å². The molecule has 0 aliphatic heterocycles. The van der Waals surface area contributed by atoms with Crippen LogP contribution in [0.25, 0.3) is 0 Å². The van der Waals surface area contributed by atoms with Gasteiger partial charge in [-0.25, -0.2) is 4.39 Å². The summed E-state index contributed by atoms with van der Waals surface area (Å²) in [5, 5.41) is 2.71. The lowest BCUT2D eigenvalue weighted by Gasteiger charge is -2.09. The van der Waals surface area contributed by atoms with Crippen molar-refractivity contribution in [2.24, 2.45) is 0 Å². The second-order valence-corrected chi connectivity index (χ2v) is 4.44. The third kappa shape index (κ3) is 3.00. The zero-order chi connectivity index (χ0) is 14.7. The monoisotopic (exact) mass is 294 g/mol. The minimum atomic E-state index is -0.471. The highest BCUT2D eigenvalue weighted by Crippen LogP contribution is 2.25. The Labute approximate surface area is 120 Å². The standard InChI is InChI=1S/C14H12ClFN2O2/c1-20-13-5-2-8(6-11(13)17)14(19)18-12-4-3-9(16)7-10(12)15/h2-7H,17H2,1H3,(H,18,19). The third-order valence-electron chi connectivity index (χ3n) is 2.67. The molecule has 2 aromatic carbocycles. The molecule has 0 unspecified atom stereocenters. The molecule has 0 heterocycles. The second-order valence-electron chi connectivity index (χ2n) is 4.04. The van der Waals surface area contributed by atoms with Gasteiger partial charge in [0.05, 0.1) is 23.5 Å². The Morgan fingerprint density at radius 2 is 2.05 bits per heavy atom. The van der Waals surface area contributed by atoms with Gasteiger partial charge < -0.3 is 15.8 Å². The Kier molecular flexibility index (Phi) is 4.10. The fourth-order valence-corrected chi connectivity index (χ4v) is 1.88. The number of rotatable bonds is 3. The molecular formula is C14H12ClFN2O2. The maximum Gasteiger partial charge on any atom is 0.255 e. The van der Waals surface area contributed by atoms with Gasteiger partial charge in [-0.05, 0) is 36.4 Å². The van der Waals surface area contributed by atoms with E-state index in [2.05, 4.69) is 5.32 Å². The largest absolute Gasteiger partial charge is 0.495 e. The molecule has 6 heteroatoms. The Hall–Kier alpha value is -2.27. The average molecular weight is 295 g/mol. The van der Waals surface area contributed by atoms with E-state index in [-0.39, 0.29) is 5.02 Å². The van der Waals surface area contributed by atoms with Crippen molar-refractivity contribution >= 4 is 28.9 Å². The topological polar surface area (TPSA) is 64.3 Å². The molecule has 0 aliphatic rings. The van der Waals surface area contributed by atoms with Crippen LogP contribution in [0.4, 0.5) is 15.8 Å². The number of hydrogen-bond acceptors (Lipinski definition) is 3. The summed E-state index contributed by atoms with van der Waals surface area (Å²) in [5.74, 6) is -0.379. The molecule has 3 N–H and O–H groups in total. The van der Waals surface area contributed by atoms with Crippen molar-refractivity contribution in [2.75, 3.05) is 18.2 Å². The molecular weight excluding hydrogens is 283 g/mol. The molecule has 0 spiro atoms. The van der Waals surface area contributed by atoms with Crippen LogP contribution in [0, 0.1) is 5.82 Å². The maximum absolute atomic E-state index is 12.9. The number of nitrogens with one attached hydrogen (secondary N) is 1. The predicted molar refractivity (Wildman–Crippen MR) is 76.8 cm³/mol. The molecule has 1 amide bonds. The number of amides is 1. The first-order chi connectivity index (χ1) is 9.51. The molecule has 20 heavy (non-hydrogen) atoms. The Balaban J connectivity index is 2.21. The summed E-state index contributed by atoms with van der Waals surface area (Å²) in [6.07, 6.45) is 0. The van der Waals surface area contributed by atoms with E-state index in [1.54, 1.807) is 12.1 Å². The lowest BCUT2D eigenvalue weighted by Crippen LogP contribution is -2.12. The fourth-order valence-electron chi connectivity index (χ4n) is 1.66. The number of carbonyl (C=O) groups is 1. The van der Waals surface area contributed by atoms with Gasteiger partial charge in [0.2, 0.25) is 0 Å². The van der Waals surface area contributed by atoms with Crippen LogP contribution in [-0.2, 0) is 0 Å². The van der Waals surface area contributed by atoms with Crippen molar-refractivity contribution < 1.29 is 13.9 Å². The number of nitrogens with two attached hydrogens (primary N) is 1. The van der Waals surface area contributed by atoms with Crippen LogP contribution in [0.3, 0.4) is 0 Å². The van der Waals surface area contributed by atoms with Crippen molar-refractivity contribution in [2.45, 2.75) is 0 Å². The highest BCUT2D eigenvalue weighted by Gasteiger charge is 2.11. The molecule has 0 radical (unpaired) electrons. The number of carbonyl (C=O) groups excluding carboxylic acids is 1. The van der Waals surface area contributed by atoms with Crippen LogP contribution in [0.1, 0.15) is 10.4 Å². The molecule has 0 saturated heterocycles. The van der Waals surface area contributed by atoms with Gasteiger partial charge in [-0.2, -0.15) is 0 Å². The highest BCUT2D eigenvalue weighted by molar-refractivity contribution is 6.33. The number of ether oxygens (including phenoxy) is 1. The average Bonchev–Trinajstić information content (AvgIpc) is 2.41. The van der Waals surface area contributed by atoms with E-state index in [1.807, 2.05) is 0 Å². The van der Waals surface area contributed by atoms with E-state index >= 15 is 0 Å². The molecule has 0 fully saturated rings. The molecule has 0 atom stereocenters. The highest BCUT2D eigenvalue weighted by atomic mass is 35.5. The lowest BCUT2D eigenvalue weighted by molar-refractivity contribution is 0.102.